The summed E-state index contributed by atoms with van der Waals surface area (Å²) in [5, 5.41) is 7.53. The molecule has 0 aliphatic carbocycles. The van der Waals surface area contributed by atoms with E-state index in [4.69, 9.17) is 9.15 Å². The Kier molecular flexibility index (Phi) is 6.53. The molecule has 1 amide bonds. The first kappa shape index (κ1) is 22.6. The second kappa shape index (κ2) is 9.52. The Labute approximate surface area is 192 Å². The number of fused-ring (bicyclic) bond motifs is 3. The first-order valence-corrected chi connectivity index (χ1v) is 11.5. The molecule has 33 heavy (non-hydrogen) atoms. The van der Waals surface area contributed by atoms with Crippen LogP contribution in [-0.2, 0) is 17.8 Å². The molecule has 0 saturated heterocycles. The van der Waals surface area contributed by atoms with Gasteiger partial charge < -0.3 is 14.5 Å². The summed E-state index contributed by atoms with van der Waals surface area (Å²) in [4.78, 5) is 26.3. The topological polar surface area (TPSA) is 90.8 Å². The molecule has 4 aromatic rings. The average Bonchev–Trinajstić information content (AvgIpc) is 3.35. The number of furan rings is 1. The molecule has 8 nitrogen and oxygen atoms in total. The van der Waals surface area contributed by atoms with Crippen LogP contribution in [0.3, 0.4) is 0 Å². The van der Waals surface area contributed by atoms with Crippen molar-refractivity contribution in [2.45, 2.75) is 59.5 Å². The van der Waals surface area contributed by atoms with Crippen molar-refractivity contribution in [3.05, 3.63) is 63.9 Å². The third kappa shape index (κ3) is 4.37. The second-order valence-electron chi connectivity index (χ2n) is 8.13. The van der Waals surface area contributed by atoms with Crippen LogP contribution in [0.1, 0.15) is 56.8 Å². The van der Waals surface area contributed by atoms with Crippen LogP contribution in [0.5, 0.6) is 5.75 Å². The van der Waals surface area contributed by atoms with Gasteiger partial charge in [-0.15, -0.1) is 0 Å². The van der Waals surface area contributed by atoms with Crippen LogP contribution in [0.25, 0.3) is 16.6 Å². The van der Waals surface area contributed by atoms with Crippen LogP contribution in [0.4, 0.5) is 0 Å². The highest BCUT2D eigenvalue weighted by Crippen LogP contribution is 2.24. The average molecular weight is 451 g/mol. The molecule has 0 spiro atoms. The maximum absolute atomic E-state index is 13.3. The van der Waals surface area contributed by atoms with Crippen molar-refractivity contribution in [3.8, 4) is 5.75 Å². The standard InChI is InChI=1S/C25H30N4O4/c1-5-12-32-18-10-8-17(9-11-18)15-26-24(30)19(6-2)29-25(31)21-14-22-20(13-16(4)33-22)28(21)23(7-3)27-29/h8-11,13-14,19H,5-7,12,15H2,1-4H3,(H,26,30). The van der Waals surface area contributed by atoms with Gasteiger partial charge in [-0.25, -0.2) is 4.68 Å². The largest absolute Gasteiger partial charge is 0.494 e. The van der Waals surface area contributed by atoms with Gasteiger partial charge in [0.25, 0.3) is 5.56 Å². The predicted octanol–water partition coefficient (Wildman–Crippen LogP) is 4.17. The van der Waals surface area contributed by atoms with Crippen molar-refractivity contribution >= 4 is 22.5 Å². The lowest BCUT2D eigenvalue weighted by Crippen LogP contribution is -2.39. The summed E-state index contributed by atoms with van der Waals surface area (Å²) in [7, 11) is 0. The Morgan fingerprint density at radius 3 is 2.58 bits per heavy atom. The smallest absolute Gasteiger partial charge is 0.291 e. The molecule has 1 unspecified atom stereocenters. The number of aryl methyl sites for hydroxylation is 2. The molecule has 0 radical (unpaired) electrons. The number of rotatable bonds is 9. The Balaban J connectivity index is 1.58. The number of amides is 1. The Bertz CT molecular complexity index is 1330. The summed E-state index contributed by atoms with van der Waals surface area (Å²) >= 11 is 0. The molecule has 4 rings (SSSR count). The van der Waals surface area contributed by atoms with E-state index in [9.17, 15) is 9.59 Å². The number of hydrogen-bond acceptors (Lipinski definition) is 5. The van der Waals surface area contributed by atoms with Crippen molar-refractivity contribution < 1.29 is 13.9 Å². The summed E-state index contributed by atoms with van der Waals surface area (Å²) in [6.45, 7) is 8.82. The lowest BCUT2D eigenvalue weighted by atomic mass is 10.2. The number of carbonyl (C=O) groups is 1. The van der Waals surface area contributed by atoms with E-state index in [1.165, 1.54) is 4.68 Å². The number of nitrogens with zero attached hydrogens (tertiary/aromatic N) is 3. The summed E-state index contributed by atoms with van der Waals surface area (Å²) in [6, 6.07) is 10.6. The van der Waals surface area contributed by atoms with Gasteiger partial charge in [-0.3, -0.25) is 14.0 Å². The van der Waals surface area contributed by atoms with E-state index in [1.54, 1.807) is 6.07 Å². The minimum atomic E-state index is -0.706. The second-order valence-corrected chi connectivity index (χ2v) is 8.13. The van der Waals surface area contributed by atoms with Gasteiger partial charge in [0.1, 0.15) is 28.9 Å². The van der Waals surface area contributed by atoms with E-state index in [1.807, 2.05) is 55.5 Å². The minimum Gasteiger partial charge on any atom is -0.494 e. The van der Waals surface area contributed by atoms with Crippen LogP contribution < -0.4 is 15.6 Å². The maximum atomic E-state index is 13.3. The molecular formula is C25H30N4O4. The van der Waals surface area contributed by atoms with Crippen molar-refractivity contribution in [2.24, 2.45) is 0 Å². The van der Waals surface area contributed by atoms with Gasteiger partial charge in [0.05, 0.1) is 12.1 Å². The number of hydrogen-bond donors (Lipinski definition) is 1. The number of ether oxygens (including phenoxy) is 1. The fourth-order valence-electron chi connectivity index (χ4n) is 4.02. The third-order valence-corrected chi connectivity index (χ3v) is 5.69. The van der Waals surface area contributed by atoms with Gasteiger partial charge >= 0.3 is 0 Å². The normalized spacial score (nSPS) is 12.4. The fourth-order valence-corrected chi connectivity index (χ4v) is 4.02. The van der Waals surface area contributed by atoms with E-state index in [2.05, 4.69) is 17.3 Å². The lowest BCUT2D eigenvalue weighted by molar-refractivity contribution is -0.125. The van der Waals surface area contributed by atoms with Crippen molar-refractivity contribution in [1.29, 1.82) is 0 Å². The fraction of sp³-hybridized carbons (Fsp3) is 0.400. The summed E-state index contributed by atoms with van der Waals surface area (Å²) < 4.78 is 14.5. The molecule has 0 aliphatic rings. The van der Waals surface area contributed by atoms with E-state index in [0.29, 0.717) is 42.9 Å². The van der Waals surface area contributed by atoms with Crippen molar-refractivity contribution in [1.82, 2.24) is 19.5 Å². The number of carbonyl (C=O) groups excluding carboxylic acids is 1. The Morgan fingerprint density at radius 1 is 1.15 bits per heavy atom. The molecule has 0 aliphatic heterocycles. The van der Waals surface area contributed by atoms with Gasteiger partial charge in [0.15, 0.2) is 5.58 Å². The highest BCUT2D eigenvalue weighted by Gasteiger charge is 2.24. The van der Waals surface area contributed by atoms with E-state index in [0.717, 1.165) is 29.0 Å². The monoisotopic (exact) mass is 450 g/mol. The molecular weight excluding hydrogens is 420 g/mol. The zero-order chi connectivity index (χ0) is 23.5. The minimum absolute atomic E-state index is 0.240. The maximum Gasteiger partial charge on any atom is 0.291 e. The van der Waals surface area contributed by atoms with Gasteiger partial charge in [-0.2, -0.15) is 5.10 Å². The predicted molar refractivity (Wildman–Crippen MR) is 127 cm³/mol. The van der Waals surface area contributed by atoms with Gasteiger partial charge in [-0.1, -0.05) is 32.9 Å². The summed E-state index contributed by atoms with van der Waals surface area (Å²) in [5.74, 6) is 2.05. The van der Waals surface area contributed by atoms with Crippen LogP contribution in [0.15, 0.2) is 45.6 Å². The summed E-state index contributed by atoms with van der Waals surface area (Å²) in [5.41, 5.74) is 2.57. The number of nitrogens with one attached hydrogen (secondary N) is 1. The molecule has 8 heteroatoms. The zero-order valence-corrected chi connectivity index (χ0v) is 19.6. The van der Waals surface area contributed by atoms with Crippen molar-refractivity contribution in [2.75, 3.05) is 6.61 Å². The Hall–Kier alpha value is -3.55. The molecule has 1 atom stereocenters. The molecule has 174 valence electrons. The third-order valence-electron chi connectivity index (χ3n) is 5.69. The highest BCUT2D eigenvalue weighted by molar-refractivity contribution is 5.84. The van der Waals surface area contributed by atoms with Gasteiger partial charge in [-0.05, 0) is 37.5 Å². The molecule has 3 aromatic heterocycles. The molecule has 0 saturated carbocycles. The van der Waals surface area contributed by atoms with Gasteiger partial charge in [0.2, 0.25) is 5.91 Å². The van der Waals surface area contributed by atoms with Crippen molar-refractivity contribution in [3.63, 3.8) is 0 Å². The molecule has 1 aromatic carbocycles. The van der Waals surface area contributed by atoms with Crippen LogP contribution in [-0.4, -0.2) is 26.7 Å². The highest BCUT2D eigenvalue weighted by atomic mass is 16.5. The first-order chi connectivity index (χ1) is 16.0. The molecule has 0 bridgehead atoms. The van der Waals surface area contributed by atoms with E-state index < -0.39 is 6.04 Å². The van der Waals surface area contributed by atoms with Crippen LogP contribution >= 0.6 is 0 Å². The number of aromatic nitrogens is 3. The Morgan fingerprint density at radius 2 is 1.91 bits per heavy atom. The van der Waals surface area contributed by atoms with Crippen LogP contribution in [0.2, 0.25) is 0 Å². The number of benzene rings is 1. The zero-order valence-electron chi connectivity index (χ0n) is 19.6. The van der Waals surface area contributed by atoms with Crippen LogP contribution in [0, 0.1) is 6.92 Å². The molecule has 1 N–H and O–H groups in total. The molecule has 0 fully saturated rings. The summed E-state index contributed by atoms with van der Waals surface area (Å²) in [6.07, 6.45) is 2.00. The first-order valence-electron chi connectivity index (χ1n) is 11.5. The van der Waals surface area contributed by atoms with E-state index in [-0.39, 0.29) is 11.5 Å². The lowest BCUT2D eigenvalue weighted by Gasteiger charge is -2.18. The SMILES string of the molecule is CCCOc1ccc(CNC(=O)C(CC)n2nc(CC)n3c(cc4oc(C)cc43)c2=O)cc1. The molecule has 3 heterocycles. The van der Waals surface area contributed by atoms with E-state index >= 15 is 0 Å². The van der Waals surface area contributed by atoms with Gasteiger partial charge in [0, 0.05) is 25.1 Å². The quantitative estimate of drug-likeness (QED) is 0.413.